The second-order valence-corrected chi connectivity index (χ2v) is 15.2. The Labute approximate surface area is 315 Å². The summed E-state index contributed by atoms with van der Waals surface area (Å²) in [6.07, 6.45) is 11.4. The third-order valence-corrected chi connectivity index (χ3v) is 11.6. The molecule has 260 valence electrons. The number of pyridine rings is 2. The van der Waals surface area contributed by atoms with Gasteiger partial charge in [0.1, 0.15) is 5.65 Å². The molecule has 1 aliphatic carbocycles. The van der Waals surface area contributed by atoms with Gasteiger partial charge in [-0.15, -0.1) is 0 Å². The van der Waals surface area contributed by atoms with Gasteiger partial charge >= 0.3 is 0 Å². The van der Waals surface area contributed by atoms with Gasteiger partial charge in [0, 0.05) is 57.2 Å². The third-order valence-electron chi connectivity index (χ3n) is 11.6. The quantitative estimate of drug-likeness (QED) is 0.173. The molecule has 4 heteroatoms. The molecule has 0 bridgehead atoms. The van der Waals surface area contributed by atoms with E-state index < -0.39 is 0 Å². The standard InChI is InChI=1S/C50H40N4/c1-33-10-27-47-44(31-33)42-7-4-5-9-46(42)53(47)40-23-15-36(16-24-40)34-11-19-38(20-12-34)50(2,3)39-21-13-35(14-22-39)37-17-25-41(26-18-37)54-48-28-30-51-32-45(48)43-8-6-29-52-49(43)54/h4-30,32-33H,31H2,1-3H3. The van der Waals surface area contributed by atoms with Crippen molar-refractivity contribution < 1.29 is 0 Å². The second-order valence-electron chi connectivity index (χ2n) is 15.2. The molecule has 0 saturated carbocycles. The van der Waals surface area contributed by atoms with Gasteiger partial charge in [-0.05, 0) is 106 Å². The Morgan fingerprint density at radius 1 is 0.556 bits per heavy atom. The van der Waals surface area contributed by atoms with E-state index in [1.807, 2.05) is 24.7 Å². The van der Waals surface area contributed by atoms with E-state index >= 15 is 0 Å². The number of benzene rings is 5. The van der Waals surface area contributed by atoms with Crippen LogP contribution in [0.4, 0.5) is 0 Å². The summed E-state index contributed by atoms with van der Waals surface area (Å²) in [5, 5.41) is 3.58. The summed E-state index contributed by atoms with van der Waals surface area (Å²) in [5.41, 5.74) is 15.6. The van der Waals surface area contributed by atoms with Crippen LogP contribution in [0.1, 0.15) is 43.2 Å². The minimum Gasteiger partial charge on any atom is -0.310 e. The van der Waals surface area contributed by atoms with E-state index in [0.717, 1.165) is 34.0 Å². The van der Waals surface area contributed by atoms with Gasteiger partial charge in [0.15, 0.2) is 0 Å². The summed E-state index contributed by atoms with van der Waals surface area (Å²) in [4.78, 5) is 9.09. The summed E-state index contributed by atoms with van der Waals surface area (Å²) in [7, 11) is 0. The van der Waals surface area contributed by atoms with Crippen molar-refractivity contribution in [3.05, 3.63) is 187 Å². The van der Waals surface area contributed by atoms with E-state index in [1.165, 1.54) is 61.2 Å². The van der Waals surface area contributed by atoms with E-state index in [0.29, 0.717) is 5.92 Å². The van der Waals surface area contributed by atoms with Gasteiger partial charge in [-0.2, -0.15) is 0 Å². The Kier molecular flexibility index (Phi) is 7.48. The van der Waals surface area contributed by atoms with Crippen molar-refractivity contribution in [1.82, 2.24) is 19.1 Å². The highest BCUT2D eigenvalue weighted by molar-refractivity contribution is 6.07. The lowest BCUT2D eigenvalue weighted by atomic mass is 9.77. The molecule has 4 nitrogen and oxygen atoms in total. The van der Waals surface area contributed by atoms with Crippen LogP contribution in [0, 0.1) is 5.92 Å². The molecular weight excluding hydrogens is 657 g/mol. The Morgan fingerprint density at radius 3 is 1.76 bits per heavy atom. The summed E-state index contributed by atoms with van der Waals surface area (Å²) in [6, 6.07) is 51.0. The average molecular weight is 697 g/mol. The van der Waals surface area contributed by atoms with Crippen LogP contribution in [0.15, 0.2) is 164 Å². The molecule has 9 aromatic rings. The van der Waals surface area contributed by atoms with Gasteiger partial charge in [0.05, 0.1) is 11.0 Å². The minimum absolute atomic E-state index is 0.150. The molecule has 0 radical (unpaired) electrons. The number of fused-ring (bicyclic) bond motifs is 6. The van der Waals surface area contributed by atoms with Crippen LogP contribution in [0.25, 0.3) is 72.5 Å². The summed E-state index contributed by atoms with van der Waals surface area (Å²) < 4.78 is 4.64. The molecular formula is C50H40N4. The highest BCUT2D eigenvalue weighted by Crippen LogP contribution is 2.38. The van der Waals surface area contributed by atoms with Gasteiger partial charge in [0.25, 0.3) is 0 Å². The molecule has 10 rings (SSSR count). The van der Waals surface area contributed by atoms with Crippen LogP contribution in [0.5, 0.6) is 0 Å². The summed E-state index contributed by atoms with van der Waals surface area (Å²) >= 11 is 0. The molecule has 0 fully saturated rings. The molecule has 1 atom stereocenters. The Morgan fingerprint density at radius 2 is 1.11 bits per heavy atom. The lowest BCUT2D eigenvalue weighted by Crippen LogP contribution is -2.18. The fourth-order valence-electron chi connectivity index (χ4n) is 8.52. The number of para-hydroxylation sites is 1. The number of nitrogens with zero attached hydrogens (tertiary/aromatic N) is 4. The minimum atomic E-state index is -0.150. The SMILES string of the molecule is CC1C=Cc2c(c3ccccc3n2-c2ccc(-c3ccc(C(C)(C)c4ccc(-c5ccc(-n6c7ccncc7c7cccnc76)cc5)cc4)cc3)cc2)C1. The number of hydrogen-bond donors (Lipinski definition) is 0. The van der Waals surface area contributed by atoms with Gasteiger partial charge < -0.3 is 4.57 Å². The fourth-order valence-corrected chi connectivity index (χ4v) is 8.52. The van der Waals surface area contributed by atoms with Crippen molar-refractivity contribution in [3.8, 4) is 33.6 Å². The van der Waals surface area contributed by atoms with Crippen LogP contribution in [-0.2, 0) is 11.8 Å². The molecule has 4 aromatic heterocycles. The first-order chi connectivity index (χ1) is 26.4. The van der Waals surface area contributed by atoms with Gasteiger partial charge in [-0.25, -0.2) is 4.98 Å². The van der Waals surface area contributed by atoms with Crippen LogP contribution in [0.2, 0.25) is 0 Å². The van der Waals surface area contributed by atoms with Gasteiger partial charge in [-0.3, -0.25) is 9.55 Å². The number of hydrogen-bond acceptors (Lipinski definition) is 2. The van der Waals surface area contributed by atoms with E-state index in [2.05, 4.69) is 181 Å². The largest absolute Gasteiger partial charge is 0.310 e. The molecule has 0 aliphatic heterocycles. The van der Waals surface area contributed by atoms with Crippen molar-refractivity contribution in [1.29, 1.82) is 0 Å². The molecule has 0 saturated heterocycles. The smallest absolute Gasteiger partial charge is 0.145 e. The van der Waals surface area contributed by atoms with Gasteiger partial charge in [-0.1, -0.05) is 118 Å². The maximum Gasteiger partial charge on any atom is 0.145 e. The highest BCUT2D eigenvalue weighted by Gasteiger charge is 2.24. The van der Waals surface area contributed by atoms with Crippen molar-refractivity contribution >= 4 is 38.9 Å². The van der Waals surface area contributed by atoms with E-state index in [9.17, 15) is 0 Å². The maximum absolute atomic E-state index is 4.72. The van der Waals surface area contributed by atoms with Crippen LogP contribution < -0.4 is 0 Å². The number of rotatable bonds is 6. The Bertz CT molecular complexity index is 2800. The molecule has 1 unspecified atom stereocenters. The summed E-state index contributed by atoms with van der Waals surface area (Å²) in [5.74, 6) is 0.561. The monoisotopic (exact) mass is 696 g/mol. The van der Waals surface area contributed by atoms with Crippen molar-refractivity contribution in [2.24, 2.45) is 5.92 Å². The molecule has 0 N–H and O–H groups in total. The molecule has 5 aromatic carbocycles. The zero-order chi connectivity index (χ0) is 36.4. The van der Waals surface area contributed by atoms with Crippen molar-refractivity contribution in [2.45, 2.75) is 32.6 Å². The number of allylic oxidation sites excluding steroid dienone is 1. The summed E-state index contributed by atoms with van der Waals surface area (Å²) in [6.45, 7) is 6.93. The van der Waals surface area contributed by atoms with Crippen LogP contribution in [0.3, 0.4) is 0 Å². The predicted molar refractivity (Wildman–Crippen MR) is 225 cm³/mol. The zero-order valence-corrected chi connectivity index (χ0v) is 30.7. The second kappa shape index (κ2) is 12.6. The number of aromatic nitrogens is 4. The fraction of sp³-hybridized carbons (Fsp3) is 0.120. The van der Waals surface area contributed by atoms with Gasteiger partial charge in [0.2, 0.25) is 0 Å². The van der Waals surface area contributed by atoms with E-state index in [1.54, 1.807) is 0 Å². The van der Waals surface area contributed by atoms with Crippen LogP contribution in [-0.4, -0.2) is 19.1 Å². The van der Waals surface area contributed by atoms with Crippen molar-refractivity contribution in [3.63, 3.8) is 0 Å². The normalized spacial score (nSPS) is 14.2. The first-order valence-corrected chi connectivity index (χ1v) is 18.9. The first kappa shape index (κ1) is 32.2. The topological polar surface area (TPSA) is 35.6 Å². The van der Waals surface area contributed by atoms with Crippen LogP contribution >= 0.6 is 0 Å². The molecule has 4 heterocycles. The lowest BCUT2D eigenvalue weighted by molar-refractivity contribution is 0.641. The highest BCUT2D eigenvalue weighted by atomic mass is 15.0. The van der Waals surface area contributed by atoms with Crippen molar-refractivity contribution in [2.75, 3.05) is 0 Å². The Balaban J connectivity index is 0.882. The average Bonchev–Trinajstić information content (AvgIpc) is 3.74. The molecule has 0 spiro atoms. The molecule has 54 heavy (non-hydrogen) atoms. The Hall–Kier alpha value is -6.52. The lowest BCUT2D eigenvalue weighted by Gasteiger charge is -2.26. The third kappa shape index (κ3) is 5.21. The zero-order valence-electron chi connectivity index (χ0n) is 30.7. The first-order valence-electron chi connectivity index (χ1n) is 18.9. The van der Waals surface area contributed by atoms with E-state index in [-0.39, 0.29) is 5.41 Å². The predicted octanol–water partition coefficient (Wildman–Crippen LogP) is 12.4. The molecule has 1 aliphatic rings. The van der Waals surface area contributed by atoms with E-state index in [4.69, 9.17) is 4.98 Å². The molecule has 0 amide bonds. The maximum atomic E-state index is 4.72.